The molecule has 1 aromatic rings. The van der Waals surface area contributed by atoms with Gasteiger partial charge in [-0.3, -0.25) is 20.4 Å². The predicted octanol–water partition coefficient (Wildman–Crippen LogP) is 0.376. The van der Waals surface area contributed by atoms with Crippen LogP contribution >= 0.6 is 0 Å². The Morgan fingerprint density at radius 2 is 1.79 bits per heavy atom. The lowest BCUT2D eigenvalue weighted by atomic mass is 9.98. The largest absolute Gasteiger partial charge is 0.317 e. The Hall–Kier alpha value is -1.88. The van der Waals surface area contributed by atoms with Crippen molar-refractivity contribution in [1.82, 2.24) is 16.2 Å². The van der Waals surface area contributed by atoms with Crippen LogP contribution in [0.1, 0.15) is 18.4 Å². The van der Waals surface area contributed by atoms with Crippen molar-refractivity contribution in [2.24, 2.45) is 5.92 Å². The van der Waals surface area contributed by atoms with E-state index in [0.29, 0.717) is 0 Å². The number of amides is 2. The van der Waals surface area contributed by atoms with Gasteiger partial charge in [-0.1, -0.05) is 30.3 Å². The molecule has 0 spiro atoms. The van der Waals surface area contributed by atoms with Crippen LogP contribution in [0.15, 0.2) is 30.3 Å². The predicted molar refractivity (Wildman–Crippen MR) is 72.0 cm³/mol. The van der Waals surface area contributed by atoms with Gasteiger partial charge in [-0.2, -0.15) is 0 Å². The average molecular weight is 261 g/mol. The van der Waals surface area contributed by atoms with Crippen LogP contribution < -0.4 is 16.2 Å². The third-order valence-corrected chi connectivity index (χ3v) is 3.24. The van der Waals surface area contributed by atoms with Gasteiger partial charge >= 0.3 is 0 Å². The second kappa shape index (κ2) is 6.89. The first-order chi connectivity index (χ1) is 9.25. The lowest BCUT2D eigenvalue weighted by Gasteiger charge is -2.21. The first-order valence-electron chi connectivity index (χ1n) is 6.59. The Kier molecular flexibility index (Phi) is 4.92. The summed E-state index contributed by atoms with van der Waals surface area (Å²) in [5, 5.41) is 3.20. The highest BCUT2D eigenvalue weighted by atomic mass is 16.2. The van der Waals surface area contributed by atoms with Crippen LogP contribution in [0.4, 0.5) is 0 Å². The molecule has 0 unspecified atom stereocenters. The van der Waals surface area contributed by atoms with Crippen molar-refractivity contribution in [3.63, 3.8) is 0 Å². The average Bonchev–Trinajstić information content (AvgIpc) is 2.47. The molecule has 2 rings (SSSR count). The first kappa shape index (κ1) is 13.5. The van der Waals surface area contributed by atoms with E-state index in [-0.39, 0.29) is 24.2 Å². The molecule has 5 nitrogen and oxygen atoms in total. The number of hydrogen-bond donors (Lipinski definition) is 3. The van der Waals surface area contributed by atoms with Gasteiger partial charge in [0, 0.05) is 5.92 Å². The molecule has 102 valence electrons. The highest BCUT2D eigenvalue weighted by molar-refractivity contribution is 5.84. The van der Waals surface area contributed by atoms with Gasteiger partial charge in [-0.25, -0.2) is 0 Å². The van der Waals surface area contributed by atoms with Crippen molar-refractivity contribution >= 4 is 11.8 Å². The molecule has 0 radical (unpaired) electrons. The van der Waals surface area contributed by atoms with Gasteiger partial charge in [-0.15, -0.1) is 0 Å². The summed E-state index contributed by atoms with van der Waals surface area (Å²) in [6.45, 7) is 1.71. The zero-order valence-electron chi connectivity index (χ0n) is 10.8. The standard InChI is InChI=1S/C14H19N3O2/c18-13(10-11-4-2-1-3-5-11)16-17-14(19)12-6-8-15-9-7-12/h1-5,12,15H,6-10H2,(H,16,18)(H,17,19). The molecule has 0 bridgehead atoms. The molecule has 1 aliphatic rings. The van der Waals surface area contributed by atoms with E-state index >= 15 is 0 Å². The number of benzene rings is 1. The summed E-state index contributed by atoms with van der Waals surface area (Å²) >= 11 is 0. The zero-order chi connectivity index (χ0) is 13.5. The molecular formula is C14H19N3O2. The van der Waals surface area contributed by atoms with Crippen molar-refractivity contribution in [2.45, 2.75) is 19.3 Å². The Bertz CT molecular complexity index is 428. The quantitative estimate of drug-likeness (QED) is 0.689. The van der Waals surface area contributed by atoms with Crippen molar-refractivity contribution < 1.29 is 9.59 Å². The van der Waals surface area contributed by atoms with Gasteiger partial charge in [0.15, 0.2) is 0 Å². The van der Waals surface area contributed by atoms with E-state index in [9.17, 15) is 9.59 Å². The molecule has 5 heteroatoms. The van der Waals surface area contributed by atoms with Crippen molar-refractivity contribution in [3.05, 3.63) is 35.9 Å². The van der Waals surface area contributed by atoms with E-state index in [4.69, 9.17) is 0 Å². The number of piperidine rings is 1. The van der Waals surface area contributed by atoms with Gasteiger partial charge in [0.05, 0.1) is 6.42 Å². The normalized spacial score (nSPS) is 15.8. The second-order valence-electron chi connectivity index (χ2n) is 4.72. The number of rotatable bonds is 3. The maximum absolute atomic E-state index is 11.8. The molecule has 0 aliphatic carbocycles. The van der Waals surface area contributed by atoms with Gasteiger partial charge in [0.2, 0.25) is 11.8 Å². The molecular weight excluding hydrogens is 242 g/mol. The SMILES string of the molecule is O=C(Cc1ccccc1)NNC(=O)C1CCNCC1. The van der Waals surface area contributed by atoms with E-state index < -0.39 is 0 Å². The van der Waals surface area contributed by atoms with Crippen molar-refractivity contribution in [3.8, 4) is 0 Å². The maximum Gasteiger partial charge on any atom is 0.242 e. The van der Waals surface area contributed by atoms with E-state index in [0.717, 1.165) is 31.5 Å². The molecule has 19 heavy (non-hydrogen) atoms. The summed E-state index contributed by atoms with van der Waals surface area (Å²) in [5.74, 6) is -0.297. The Morgan fingerprint density at radius 1 is 1.11 bits per heavy atom. The lowest BCUT2D eigenvalue weighted by molar-refractivity contribution is -0.131. The second-order valence-corrected chi connectivity index (χ2v) is 4.72. The summed E-state index contributed by atoms with van der Waals surface area (Å²) in [4.78, 5) is 23.5. The van der Waals surface area contributed by atoms with Crippen molar-refractivity contribution in [2.75, 3.05) is 13.1 Å². The molecule has 1 aromatic carbocycles. The van der Waals surface area contributed by atoms with Crippen LogP contribution in [0.25, 0.3) is 0 Å². The van der Waals surface area contributed by atoms with Gasteiger partial charge in [0.25, 0.3) is 0 Å². The third-order valence-electron chi connectivity index (χ3n) is 3.24. The molecule has 0 atom stereocenters. The van der Waals surface area contributed by atoms with E-state index in [1.54, 1.807) is 0 Å². The highest BCUT2D eigenvalue weighted by Crippen LogP contribution is 2.10. The molecule has 1 fully saturated rings. The van der Waals surface area contributed by atoms with Gasteiger partial charge in [0.1, 0.15) is 0 Å². The molecule has 0 aromatic heterocycles. The monoisotopic (exact) mass is 261 g/mol. The molecule has 1 heterocycles. The fourth-order valence-electron chi connectivity index (χ4n) is 2.14. The Morgan fingerprint density at radius 3 is 2.47 bits per heavy atom. The number of carbonyl (C=O) groups is 2. The molecule has 3 N–H and O–H groups in total. The van der Waals surface area contributed by atoms with Crippen LogP contribution in [0.5, 0.6) is 0 Å². The smallest absolute Gasteiger partial charge is 0.242 e. The summed E-state index contributed by atoms with van der Waals surface area (Å²) in [6, 6.07) is 9.44. The molecule has 2 amide bonds. The maximum atomic E-state index is 11.8. The Balaban J connectivity index is 1.72. The van der Waals surface area contributed by atoms with Gasteiger partial charge in [-0.05, 0) is 31.5 Å². The van der Waals surface area contributed by atoms with E-state index in [1.807, 2.05) is 30.3 Å². The lowest BCUT2D eigenvalue weighted by Crippen LogP contribution is -2.47. The third kappa shape index (κ3) is 4.37. The number of nitrogens with one attached hydrogen (secondary N) is 3. The number of carbonyl (C=O) groups excluding carboxylic acids is 2. The van der Waals surface area contributed by atoms with E-state index in [1.165, 1.54) is 0 Å². The topological polar surface area (TPSA) is 70.2 Å². The summed E-state index contributed by atoms with van der Waals surface area (Å²) in [5.41, 5.74) is 5.90. The fraction of sp³-hybridized carbons (Fsp3) is 0.429. The number of hydrazine groups is 1. The van der Waals surface area contributed by atoms with Crippen LogP contribution in [0, 0.1) is 5.92 Å². The zero-order valence-corrected chi connectivity index (χ0v) is 10.8. The summed E-state index contributed by atoms with van der Waals surface area (Å²) in [7, 11) is 0. The molecule has 0 saturated carbocycles. The summed E-state index contributed by atoms with van der Waals surface area (Å²) < 4.78 is 0. The minimum absolute atomic E-state index is 0.00160. The van der Waals surface area contributed by atoms with Crippen LogP contribution in [0.3, 0.4) is 0 Å². The van der Waals surface area contributed by atoms with Crippen LogP contribution in [-0.2, 0) is 16.0 Å². The Labute approximate surface area is 112 Å². The van der Waals surface area contributed by atoms with Crippen LogP contribution in [0.2, 0.25) is 0 Å². The first-order valence-corrected chi connectivity index (χ1v) is 6.59. The highest BCUT2D eigenvalue weighted by Gasteiger charge is 2.20. The van der Waals surface area contributed by atoms with E-state index in [2.05, 4.69) is 16.2 Å². The minimum atomic E-state index is -0.200. The minimum Gasteiger partial charge on any atom is -0.317 e. The van der Waals surface area contributed by atoms with Gasteiger partial charge < -0.3 is 5.32 Å². The van der Waals surface area contributed by atoms with Crippen molar-refractivity contribution in [1.29, 1.82) is 0 Å². The summed E-state index contributed by atoms with van der Waals surface area (Å²) in [6.07, 6.45) is 1.91. The van der Waals surface area contributed by atoms with Crippen LogP contribution in [-0.4, -0.2) is 24.9 Å². The molecule has 1 aliphatic heterocycles. The molecule has 1 saturated heterocycles. The fourth-order valence-corrected chi connectivity index (χ4v) is 2.14. The number of hydrogen-bond acceptors (Lipinski definition) is 3.